The van der Waals surface area contributed by atoms with E-state index in [0.717, 1.165) is 33.8 Å². The van der Waals surface area contributed by atoms with Gasteiger partial charge in [0.25, 0.3) is 0 Å². The summed E-state index contributed by atoms with van der Waals surface area (Å²) in [5.74, 6) is 0.855. The summed E-state index contributed by atoms with van der Waals surface area (Å²) in [6.07, 6.45) is 0. The van der Waals surface area contributed by atoms with Gasteiger partial charge in [-0.25, -0.2) is 3.74 Å². The summed E-state index contributed by atoms with van der Waals surface area (Å²) >= 11 is 6.34. The number of hydrogen-bond acceptors (Lipinski definition) is 3. The van der Waals surface area contributed by atoms with Gasteiger partial charge in [-0.15, -0.1) is 0 Å². The van der Waals surface area contributed by atoms with Crippen LogP contribution in [0.1, 0.15) is 11.1 Å². The Balaban J connectivity index is 3.07. The molecule has 0 heterocycles. The quantitative estimate of drug-likeness (QED) is 0.724. The monoisotopic (exact) mass is 218 g/mol. The molecular weight excluding hydrogens is 208 g/mol. The molecule has 0 aliphatic rings. The first-order chi connectivity index (χ1) is 6.19. The Hall–Kier alpha value is -0.380. The Morgan fingerprint density at radius 2 is 1.77 bits per heavy atom. The number of benzene rings is 1. The Labute approximate surface area is 87.6 Å². The minimum absolute atomic E-state index is 0.855. The van der Waals surface area contributed by atoms with Gasteiger partial charge in [0.05, 0.1) is 31.0 Å². The summed E-state index contributed by atoms with van der Waals surface area (Å²) < 4.78 is 9.64. The van der Waals surface area contributed by atoms with Crippen molar-refractivity contribution in [3.05, 3.63) is 23.3 Å². The van der Waals surface area contributed by atoms with Crippen molar-refractivity contribution in [1.82, 2.24) is 0 Å². The van der Waals surface area contributed by atoms with Crippen LogP contribution in [0, 0.1) is 13.8 Å². The Bertz CT molecular complexity index is 279. The lowest BCUT2D eigenvalue weighted by Crippen LogP contribution is -1.89. The largest absolute Gasteiger partial charge is 0.497 e. The molecule has 0 amide bonds. The van der Waals surface area contributed by atoms with Crippen LogP contribution in [0.4, 0.5) is 0 Å². The van der Waals surface area contributed by atoms with Crippen molar-refractivity contribution in [2.75, 3.05) is 7.11 Å². The third kappa shape index (κ3) is 2.53. The average Bonchev–Trinajstić information content (AvgIpc) is 2.11. The molecule has 0 saturated carbocycles. The molecule has 13 heavy (non-hydrogen) atoms. The zero-order valence-corrected chi connectivity index (χ0v) is 9.33. The second-order valence-electron chi connectivity index (χ2n) is 2.74. The summed E-state index contributed by atoms with van der Waals surface area (Å²) in [5.41, 5.74) is 2.20. The van der Waals surface area contributed by atoms with Crippen LogP contribution in [0.2, 0.25) is 0 Å². The van der Waals surface area contributed by atoms with E-state index in [0.29, 0.717) is 0 Å². The van der Waals surface area contributed by atoms with Crippen molar-refractivity contribution in [1.29, 1.82) is 0 Å². The fraction of sp³-hybridized carbons (Fsp3) is 0.333. The van der Waals surface area contributed by atoms with Gasteiger partial charge in [0.2, 0.25) is 0 Å². The Morgan fingerprint density at radius 3 is 2.15 bits per heavy atom. The molecule has 1 aromatic carbocycles. The first-order valence-electron chi connectivity index (χ1n) is 3.79. The molecule has 1 aromatic rings. The molecule has 0 saturated heterocycles. The van der Waals surface area contributed by atoms with Crippen LogP contribution in [0.15, 0.2) is 17.0 Å². The fourth-order valence-electron chi connectivity index (χ4n) is 1.19. The van der Waals surface area contributed by atoms with Crippen LogP contribution < -0.4 is 4.74 Å². The molecular formula is C9H11ClO2S. The zero-order chi connectivity index (χ0) is 9.84. The van der Waals surface area contributed by atoms with Gasteiger partial charge in [0.1, 0.15) is 5.75 Å². The maximum atomic E-state index is 5.19. The van der Waals surface area contributed by atoms with Gasteiger partial charge < -0.3 is 4.74 Å². The van der Waals surface area contributed by atoms with Crippen molar-refractivity contribution < 1.29 is 8.47 Å². The van der Waals surface area contributed by atoms with E-state index in [1.54, 1.807) is 7.11 Å². The molecule has 0 aliphatic heterocycles. The molecule has 0 atom stereocenters. The Morgan fingerprint density at radius 1 is 1.23 bits per heavy atom. The number of halogens is 1. The van der Waals surface area contributed by atoms with Gasteiger partial charge in [-0.1, -0.05) is 0 Å². The third-order valence-electron chi connectivity index (χ3n) is 1.78. The standard InChI is InChI=1S/C9H11ClO2S/c1-6-4-8(11-3)5-7(2)9(6)13-12-10/h4-5H,1-3H3. The zero-order valence-electron chi connectivity index (χ0n) is 7.76. The maximum absolute atomic E-state index is 5.19. The molecule has 4 heteroatoms. The molecule has 0 unspecified atom stereocenters. The minimum atomic E-state index is 0.855. The summed E-state index contributed by atoms with van der Waals surface area (Å²) in [5, 5.41) is 0. The average molecular weight is 219 g/mol. The molecule has 72 valence electrons. The highest BCUT2D eigenvalue weighted by Crippen LogP contribution is 2.31. The molecule has 0 fully saturated rings. The fourth-order valence-corrected chi connectivity index (χ4v) is 1.82. The van der Waals surface area contributed by atoms with E-state index in [1.807, 2.05) is 26.0 Å². The highest BCUT2D eigenvalue weighted by atomic mass is 35.5. The molecule has 0 radical (unpaired) electrons. The Kier molecular flexibility index (Phi) is 3.90. The molecule has 0 aromatic heterocycles. The molecule has 1 rings (SSSR count). The van der Waals surface area contributed by atoms with E-state index in [1.165, 1.54) is 0 Å². The van der Waals surface area contributed by atoms with Crippen molar-refractivity contribution in [2.24, 2.45) is 0 Å². The lowest BCUT2D eigenvalue weighted by molar-refractivity contribution is 0.413. The highest BCUT2D eigenvalue weighted by molar-refractivity contribution is 7.95. The van der Waals surface area contributed by atoms with Gasteiger partial charge in [0.15, 0.2) is 0 Å². The maximum Gasteiger partial charge on any atom is 0.119 e. The second-order valence-corrected chi connectivity index (χ2v) is 3.82. The molecule has 2 nitrogen and oxygen atoms in total. The first-order valence-corrected chi connectivity index (χ1v) is 4.84. The SMILES string of the molecule is COc1cc(C)c(SOCl)c(C)c1. The van der Waals surface area contributed by atoms with E-state index >= 15 is 0 Å². The van der Waals surface area contributed by atoms with E-state index in [2.05, 4.69) is 3.74 Å². The number of aryl methyl sites for hydroxylation is 2. The second kappa shape index (κ2) is 4.74. The molecule has 0 N–H and O–H groups in total. The summed E-state index contributed by atoms with van der Waals surface area (Å²) in [6, 6.07) is 3.90. The van der Waals surface area contributed by atoms with Gasteiger partial charge >= 0.3 is 0 Å². The predicted molar refractivity (Wildman–Crippen MR) is 55.3 cm³/mol. The lowest BCUT2D eigenvalue weighted by atomic mass is 10.1. The molecule has 0 bridgehead atoms. The van der Waals surface area contributed by atoms with Gasteiger partial charge in [-0.2, -0.15) is 0 Å². The first kappa shape index (κ1) is 10.7. The van der Waals surface area contributed by atoms with E-state index in [4.69, 9.17) is 16.6 Å². The van der Waals surface area contributed by atoms with Crippen molar-refractivity contribution in [3.8, 4) is 5.75 Å². The minimum Gasteiger partial charge on any atom is -0.497 e. The van der Waals surface area contributed by atoms with Crippen molar-refractivity contribution >= 4 is 23.9 Å². The number of ether oxygens (including phenoxy) is 1. The van der Waals surface area contributed by atoms with Crippen LogP contribution in [0.3, 0.4) is 0 Å². The van der Waals surface area contributed by atoms with Gasteiger partial charge in [-0.3, -0.25) is 0 Å². The van der Waals surface area contributed by atoms with Crippen LogP contribution >= 0.6 is 23.9 Å². The van der Waals surface area contributed by atoms with Gasteiger partial charge in [-0.05, 0) is 37.1 Å². The van der Waals surface area contributed by atoms with Crippen LogP contribution in [-0.4, -0.2) is 7.11 Å². The van der Waals surface area contributed by atoms with E-state index in [-0.39, 0.29) is 0 Å². The van der Waals surface area contributed by atoms with Crippen LogP contribution in [0.5, 0.6) is 5.75 Å². The summed E-state index contributed by atoms with van der Waals surface area (Å²) in [6.45, 7) is 3.99. The summed E-state index contributed by atoms with van der Waals surface area (Å²) in [4.78, 5) is 1.04. The van der Waals surface area contributed by atoms with Gasteiger partial charge in [0, 0.05) is 4.90 Å². The highest BCUT2D eigenvalue weighted by Gasteiger charge is 2.06. The normalized spacial score (nSPS) is 10.2. The third-order valence-corrected chi connectivity index (χ3v) is 2.85. The van der Waals surface area contributed by atoms with Crippen molar-refractivity contribution in [3.63, 3.8) is 0 Å². The molecule has 0 aliphatic carbocycles. The van der Waals surface area contributed by atoms with E-state index in [9.17, 15) is 0 Å². The van der Waals surface area contributed by atoms with Crippen molar-refractivity contribution in [2.45, 2.75) is 18.7 Å². The number of methoxy groups -OCH3 is 1. The lowest BCUT2D eigenvalue weighted by Gasteiger charge is -2.08. The van der Waals surface area contributed by atoms with Crippen LogP contribution in [-0.2, 0) is 3.74 Å². The summed E-state index contributed by atoms with van der Waals surface area (Å²) in [7, 11) is 1.65. The number of rotatable bonds is 3. The van der Waals surface area contributed by atoms with E-state index < -0.39 is 0 Å². The van der Waals surface area contributed by atoms with Crippen LogP contribution in [0.25, 0.3) is 0 Å². The topological polar surface area (TPSA) is 18.5 Å². The smallest absolute Gasteiger partial charge is 0.119 e. The number of hydrogen-bond donors (Lipinski definition) is 0. The predicted octanol–water partition coefficient (Wildman–Crippen LogP) is 3.49. The molecule has 0 spiro atoms.